The van der Waals surface area contributed by atoms with E-state index in [4.69, 9.17) is 4.74 Å². The molecule has 0 spiro atoms. The van der Waals surface area contributed by atoms with Gasteiger partial charge in [0.25, 0.3) is 0 Å². The summed E-state index contributed by atoms with van der Waals surface area (Å²) in [4.78, 5) is 23.5. The van der Waals surface area contributed by atoms with Gasteiger partial charge in [-0.05, 0) is 30.3 Å². The van der Waals surface area contributed by atoms with E-state index in [1.807, 2.05) is 0 Å². The number of nitrogens with zero attached hydrogens (tertiary/aromatic N) is 1. The molecule has 6 nitrogen and oxygen atoms in total. The molecule has 0 aliphatic rings. The van der Waals surface area contributed by atoms with Crippen molar-refractivity contribution in [3.05, 3.63) is 53.3 Å². The highest BCUT2D eigenvalue weighted by Crippen LogP contribution is 2.21. The Morgan fingerprint density at radius 2 is 1.86 bits per heavy atom. The van der Waals surface area contributed by atoms with E-state index in [-0.39, 0.29) is 12.2 Å². The van der Waals surface area contributed by atoms with Gasteiger partial charge < -0.3 is 19.1 Å². The maximum absolute atomic E-state index is 11.9. The summed E-state index contributed by atoms with van der Waals surface area (Å²) in [5.41, 5.74) is 1.62. The second-order valence-electron chi connectivity index (χ2n) is 4.24. The Hall–Kier alpha value is -2.60. The first-order valence-corrected chi connectivity index (χ1v) is 6.20. The van der Waals surface area contributed by atoms with Crippen molar-refractivity contribution in [2.24, 2.45) is 0 Å². The fraction of sp³-hybridized carbons (Fsp3) is 0.200. The van der Waals surface area contributed by atoms with Crippen LogP contribution in [0.4, 0.5) is 0 Å². The summed E-state index contributed by atoms with van der Waals surface area (Å²) in [6, 6.07) is 7.96. The normalized spacial score (nSPS) is 10.2. The minimum atomic E-state index is -0.529. The topological polar surface area (TPSA) is 77.8 Å². The summed E-state index contributed by atoms with van der Waals surface area (Å²) in [5.74, 6) is -1.04. The number of aliphatic hydroxyl groups is 1. The van der Waals surface area contributed by atoms with Gasteiger partial charge in [0, 0.05) is 11.9 Å². The third-order valence-electron chi connectivity index (χ3n) is 3.08. The van der Waals surface area contributed by atoms with E-state index in [1.54, 1.807) is 22.9 Å². The number of aromatic nitrogens is 1. The lowest BCUT2D eigenvalue weighted by Crippen LogP contribution is -2.11. The third-order valence-corrected chi connectivity index (χ3v) is 3.08. The number of carbonyl (C=O) groups excluding carboxylic acids is 2. The molecule has 0 saturated heterocycles. The van der Waals surface area contributed by atoms with Gasteiger partial charge >= 0.3 is 11.9 Å². The number of rotatable bonds is 4. The van der Waals surface area contributed by atoms with Crippen molar-refractivity contribution in [3.8, 4) is 5.69 Å². The smallest absolute Gasteiger partial charge is 0.339 e. The molecule has 0 amide bonds. The van der Waals surface area contributed by atoms with Crippen LogP contribution in [0.1, 0.15) is 26.4 Å². The molecule has 110 valence electrons. The maximum atomic E-state index is 11.9. The molecule has 0 unspecified atom stereocenters. The van der Waals surface area contributed by atoms with E-state index in [2.05, 4.69) is 4.74 Å². The van der Waals surface area contributed by atoms with Crippen LogP contribution in [0, 0.1) is 0 Å². The molecule has 0 saturated carbocycles. The highest BCUT2D eigenvalue weighted by Gasteiger charge is 2.17. The molecule has 0 aliphatic heterocycles. The van der Waals surface area contributed by atoms with Crippen molar-refractivity contribution < 1.29 is 24.2 Å². The van der Waals surface area contributed by atoms with Gasteiger partial charge in [-0.1, -0.05) is 0 Å². The number of carbonyl (C=O) groups is 2. The number of hydrogen-bond acceptors (Lipinski definition) is 5. The fourth-order valence-corrected chi connectivity index (χ4v) is 2.04. The molecule has 0 fully saturated rings. The minimum absolute atomic E-state index is 0.198. The fourth-order valence-electron chi connectivity index (χ4n) is 2.04. The second kappa shape index (κ2) is 6.23. The molecule has 2 rings (SSSR count). The van der Waals surface area contributed by atoms with Crippen molar-refractivity contribution in [1.82, 2.24) is 4.57 Å². The lowest BCUT2D eigenvalue weighted by atomic mass is 10.1. The molecule has 6 heteroatoms. The standard InChI is InChI=1S/C15H15NO5/c1-20-14(18)10-5-6-12(15(19)21-2)13(8-10)16-7-3-4-11(16)9-17/h3-8,17H,9H2,1-2H3. The van der Waals surface area contributed by atoms with Crippen molar-refractivity contribution >= 4 is 11.9 Å². The van der Waals surface area contributed by atoms with Crippen LogP contribution in [0.3, 0.4) is 0 Å². The molecule has 2 aromatic rings. The lowest BCUT2D eigenvalue weighted by Gasteiger charge is -2.13. The molecule has 0 bridgehead atoms. The number of hydrogen-bond donors (Lipinski definition) is 1. The van der Waals surface area contributed by atoms with Crippen LogP contribution in [0.2, 0.25) is 0 Å². The molecule has 21 heavy (non-hydrogen) atoms. The summed E-state index contributed by atoms with van der Waals surface area (Å²) in [7, 11) is 2.56. The number of aliphatic hydroxyl groups excluding tert-OH is 1. The maximum Gasteiger partial charge on any atom is 0.339 e. The molecular weight excluding hydrogens is 274 g/mol. The van der Waals surface area contributed by atoms with Gasteiger partial charge in [-0.25, -0.2) is 9.59 Å². The van der Waals surface area contributed by atoms with Gasteiger partial charge in [0.05, 0.1) is 37.6 Å². The molecule has 0 atom stereocenters. The van der Waals surface area contributed by atoms with E-state index in [1.165, 1.54) is 32.4 Å². The van der Waals surface area contributed by atoms with Gasteiger partial charge in [-0.3, -0.25) is 0 Å². The molecule has 0 radical (unpaired) electrons. The molecule has 1 aromatic heterocycles. The lowest BCUT2D eigenvalue weighted by molar-refractivity contribution is 0.0586. The first-order valence-electron chi connectivity index (χ1n) is 6.20. The highest BCUT2D eigenvalue weighted by molar-refractivity contribution is 5.97. The predicted octanol–water partition coefficient (Wildman–Crippen LogP) is 1.54. The number of ether oxygens (including phenoxy) is 2. The summed E-state index contributed by atoms with van der Waals surface area (Å²) in [5, 5.41) is 9.35. The molecular formula is C15H15NO5. The number of methoxy groups -OCH3 is 2. The molecule has 1 N–H and O–H groups in total. The molecule has 0 aliphatic carbocycles. The number of benzene rings is 1. The van der Waals surface area contributed by atoms with Gasteiger partial charge in [0.2, 0.25) is 0 Å². The van der Waals surface area contributed by atoms with Gasteiger partial charge in [0.15, 0.2) is 0 Å². The zero-order valence-electron chi connectivity index (χ0n) is 11.7. The highest BCUT2D eigenvalue weighted by atomic mass is 16.5. The summed E-state index contributed by atoms with van der Waals surface area (Å²) in [6.07, 6.45) is 1.69. The average molecular weight is 289 g/mol. The Labute approximate surface area is 121 Å². The van der Waals surface area contributed by atoms with Crippen LogP contribution in [0.5, 0.6) is 0 Å². The van der Waals surface area contributed by atoms with Crippen LogP contribution < -0.4 is 0 Å². The Morgan fingerprint density at radius 1 is 1.14 bits per heavy atom. The Morgan fingerprint density at radius 3 is 2.48 bits per heavy atom. The summed E-state index contributed by atoms with van der Waals surface area (Å²) >= 11 is 0. The third kappa shape index (κ3) is 2.80. The van der Waals surface area contributed by atoms with E-state index in [0.717, 1.165) is 0 Å². The Kier molecular flexibility index (Phi) is 4.39. The SMILES string of the molecule is COC(=O)c1ccc(C(=O)OC)c(-n2cccc2CO)c1. The average Bonchev–Trinajstić information content (AvgIpc) is 3.01. The van der Waals surface area contributed by atoms with Gasteiger partial charge in [0.1, 0.15) is 0 Å². The quantitative estimate of drug-likeness (QED) is 0.864. The van der Waals surface area contributed by atoms with E-state index in [0.29, 0.717) is 16.9 Å². The van der Waals surface area contributed by atoms with Gasteiger partial charge in [-0.2, -0.15) is 0 Å². The molecule has 1 aromatic carbocycles. The van der Waals surface area contributed by atoms with Crippen LogP contribution >= 0.6 is 0 Å². The Balaban J connectivity index is 2.64. The zero-order valence-corrected chi connectivity index (χ0v) is 11.7. The second-order valence-corrected chi connectivity index (χ2v) is 4.24. The van der Waals surface area contributed by atoms with Crippen molar-refractivity contribution in [2.45, 2.75) is 6.61 Å². The van der Waals surface area contributed by atoms with Gasteiger partial charge in [-0.15, -0.1) is 0 Å². The first-order chi connectivity index (χ1) is 10.1. The summed E-state index contributed by atoms with van der Waals surface area (Å²) < 4.78 is 11.0. The van der Waals surface area contributed by atoms with Crippen molar-refractivity contribution in [2.75, 3.05) is 14.2 Å². The van der Waals surface area contributed by atoms with Crippen LogP contribution in [0.15, 0.2) is 36.5 Å². The minimum Gasteiger partial charge on any atom is -0.465 e. The van der Waals surface area contributed by atoms with Crippen molar-refractivity contribution in [1.29, 1.82) is 0 Å². The van der Waals surface area contributed by atoms with E-state index >= 15 is 0 Å². The van der Waals surface area contributed by atoms with Crippen molar-refractivity contribution in [3.63, 3.8) is 0 Å². The monoisotopic (exact) mass is 289 g/mol. The Bertz CT molecular complexity index is 674. The largest absolute Gasteiger partial charge is 0.465 e. The predicted molar refractivity (Wildman–Crippen MR) is 74.4 cm³/mol. The first kappa shape index (κ1) is 14.8. The summed E-state index contributed by atoms with van der Waals surface area (Å²) in [6.45, 7) is -0.198. The van der Waals surface area contributed by atoms with E-state index < -0.39 is 11.9 Å². The van der Waals surface area contributed by atoms with Crippen LogP contribution in [-0.4, -0.2) is 35.8 Å². The van der Waals surface area contributed by atoms with Crippen LogP contribution in [0.25, 0.3) is 5.69 Å². The number of esters is 2. The molecule has 1 heterocycles. The van der Waals surface area contributed by atoms with Crippen LogP contribution in [-0.2, 0) is 16.1 Å². The van der Waals surface area contributed by atoms with E-state index in [9.17, 15) is 14.7 Å². The zero-order chi connectivity index (χ0) is 15.4.